The number of carboxylic acid groups (broad SMARTS) is 1. The Morgan fingerprint density at radius 2 is 2.23 bits per heavy atom. The summed E-state index contributed by atoms with van der Waals surface area (Å²) >= 11 is 0. The summed E-state index contributed by atoms with van der Waals surface area (Å²) in [4.78, 5) is 18.1. The highest BCUT2D eigenvalue weighted by Gasteiger charge is 2.30. The quantitative estimate of drug-likeness (QED) is 0.939. The zero-order valence-corrected chi connectivity index (χ0v) is 12.9. The van der Waals surface area contributed by atoms with Crippen molar-refractivity contribution in [1.82, 2.24) is 9.88 Å². The summed E-state index contributed by atoms with van der Waals surface area (Å²) in [7, 11) is 0. The Morgan fingerprint density at radius 1 is 1.41 bits per heavy atom. The molecule has 0 radical (unpaired) electrons. The first-order valence-electron chi connectivity index (χ1n) is 8.01. The van der Waals surface area contributed by atoms with Gasteiger partial charge >= 0.3 is 5.97 Å². The van der Waals surface area contributed by atoms with E-state index in [0.29, 0.717) is 6.54 Å². The number of para-hydroxylation sites is 1. The van der Waals surface area contributed by atoms with E-state index in [0.717, 1.165) is 31.3 Å². The van der Waals surface area contributed by atoms with Gasteiger partial charge in [0.2, 0.25) is 0 Å². The summed E-state index contributed by atoms with van der Waals surface area (Å²) in [6, 6.07) is 10.5. The van der Waals surface area contributed by atoms with Gasteiger partial charge in [0.25, 0.3) is 0 Å². The van der Waals surface area contributed by atoms with Crippen LogP contribution in [0.5, 0.6) is 0 Å². The minimum Gasteiger partial charge on any atom is -0.481 e. The summed E-state index contributed by atoms with van der Waals surface area (Å²) in [5.41, 5.74) is 2.27. The maximum atomic E-state index is 11.3. The lowest BCUT2D eigenvalue weighted by Crippen LogP contribution is -2.40. The smallest absolute Gasteiger partial charge is 0.307 e. The number of pyridine rings is 1. The fourth-order valence-corrected chi connectivity index (χ4v) is 3.57. The van der Waals surface area contributed by atoms with Gasteiger partial charge in [-0.1, -0.05) is 25.1 Å². The highest BCUT2D eigenvalue weighted by atomic mass is 16.4. The Morgan fingerprint density at radius 3 is 3.00 bits per heavy atom. The van der Waals surface area contributed by atoms with Gasteiger partial charge in [0.05, 0.1) is 11.4 Å². The number of benzene rings is 1. The lowest BCUT2D eigenvalue weighted by atomic mass is 9.92. The number of aromatic nitrogens is 1. The summed E-state index contributed by atoms with van der Waals surface area (Å²) < 4.78 is 0. The monoisotopic (exact) mass is 298 g/mol. The Balaban J connectivity index is 1.94. The molecule has 4 heteroatoms. The van der Waals surface area contributed by atoms with Crippen molar-refractivity contribution in [3.05, 3.63) is 42.1 Å². The van der Waals surface area contributed by atoms with Crippen LogP contribution in [0.3, 0.4) is 0 Å². The fraction of sp³-hybridized carbons (Fsp3) is 0.444. The molecule has 22 heavy (non-hydrogen) atoms. The second kappa shape index (κ2) is 6.44. The molecule has 2 heterocycles. The highest BCUT2D eigenvalue weighted by molar-refractivity contribution is 5.82. The molecule has 1 aliphatic heterocycles. The first-order chi connectivity index (χ1) is 10.7. The molecule has 1 saturated heterocycles. The number of hydrogen-bond donors (Lipinski definition) is 1. The molecule has 4 nitrogen and oxygen atoms in total. The van der Waals surface area contributed by atoms with Crippen LogP contribution < -0.4 is 0 Å². The number of rotatable bonds is 4. The molecule has 3 rings (SSSR count). The van der Waals surface area contributed by atoms with E-state index in [-0.39, 0.29) is 12.0 Å². The number of carboxylic acids is 1. The van der Waals surface area contributed by atoms with Gasteiger partial charge in [0, 0.05) is 24.2 Å². The molecule has 116 valence electrons. The van der Waals surface area contributed by atoms with Gasteiger partial charge in [-0.25, -0.2) is 0 Å². The Hall–Kier alpha value is -1.94. The number of fused-ring (bicyclic) bond motifs is 1. The van der Waals surface area contributed by atoms with E-state index >= 15 is 0 Å². The number of carbonyl (C=O) groups is 1. The van der Waals surface area contributed by atoms with E-state index in [9.17, 15) is 9.90 Å². The topological polar surface area (TPSA) is 53.4 Å². The molecule has 0 aliphatic carbocycles. The molecule has 1 aromatic carbocycles. The molecule has 1 N–H and O–H groups in total. The molecular formula is C18H22N2O2. The lowest BCUT2D eigenvalue weighted by molar-refractivity contribution is -0.144. The second-order valence-corrected chi connectivity index (χ2v) is 6.01. The van der Waals surface area contributed by atoms with Crippen LogP contribution in [-0.2, 0) is 4.79 Å². The van der Waals surface area contributed by atoms with Crippen molar-refractivity contribution in [1.29, 1.82) is 0 Å². The summed E-state index contributed by atoms with van der Waals surface area (Å²) in [6.45, 7) is 3.79. The van der Waals surface area contributed by atoms with Crippen molar-refractivity contribution in [3.63, 3.8) is 0 Å². The molecule has 2 atom stereocenters. The van der Waals surface area contributed by atoms with E-state index in [4.69, 9.17) is 0 Å². The first kappa shape index (κ1) is 15.0. The van der Waals surface area contributed by atoms with Crippen molar-refractivity contribution in [3.8, 4) is 0 Å². The Labute approximate surface area is 130 Å². The van der Waals surface area contributed by atoms with Crippen molar-refractivity contribution >= 4 is 16.9 Å². The lowest BCUT2D eigenvalue weighted by Gasteiger charge is -2.37. The van der Waals surface area contributed by atoms with E-state index in [1.807, 2.05) is 24.4 Å². The van der Waals surface area contributed by atoms with Gasteiger partial charge < -0.3 is 5.11 Å². The van der Waals surface area contributed by atoms with E-state index in [1.54, 1.807) is 0 Å². The summed E-state index contributed by atoms with van der Waals surface area (Å²) in [6.07, 6.45) is 4.58. The molecule has 2 unspecified atom stereocenters. The van der Waals surface area contributed by atoms with Crippen molar-refractivity contribution in [2.24, 2.45) is 5.92 Å². The van der Waals surface area contributed by atoms with Gasteiger partial charge in [-0.2, -0.15) is 0 Å². The zero-order valence-electron chi connectivity index (χ0n) is 12.9. The number of aliphatic carboxylic acids is 1. The van der Waals surface area contributed by atoms with Crippen LogP contribution in [0.1, 0.15) is 37.8 Å². The summed E-state index contributed by atoms with van der Waals surface area (Å²) in [5.74, 6) is -0.907. The third kappa shape index (κ3) is 2.83. The average Bonchev–Trinajstić information content (AvgIpc) is 2.56. The van der Waals surface area contributed by atoms with Gasteiger partial charge in [0.15, 0.2) is 0 Å². The molecule has 1 aromatic heterocycles. The number of nitrogens with zero attached hydrogens (tertiary/aromatic N) is 2. The van der Waals surface area contributed by atoms with Gasteiger partial charge in [0.1, 0.15) is 0 Å². The zero-order chi connectivity index (χ0) is 15.5. The van der Waals surface area contributed by atoms with Crippen LogP contribution in [-0.4, -0.2) is 34.0 Å². The summed E-state index contributed by atoms with van der Waals surface area (Å²) in [5, 5.41) is 10.5. The molecule has 2 aromatic rings. The molecule has 1 aliphatic rings. The number of likely N-dealkylation sites (tertiary alicyclic amines) is 1. The van der Waals surface area contributed by atoms with Gasteiger partial charge in [-0.3, -0.25) is 14.7 Å². The van der Waals surface area contributed by atoms with Crippen molar-refractivity contribution in [2.45, 2.75) is 32.2 Å². The Kier molecular flexibility index (Phi) is 4.39. The molecule has 0 spiro atoms. The highest BCUT2D eigenvalue weighted by Crippen LogP contribution is 2.32. The molecule has 0 bridgehead atoms. The third-order valence-corrected chi connectivity index (χ3v) is 4.67. The van der Waals surface area contributed by atoms with Gasteiger partial charge in [-0.05, 0) is 43.5 Å². The van der Waals surface area contributed by atoms with Crippen LogP contribution in [0.25, 0.3) is 10.9 Å². The SMILES string of the molecule is CCC(c1ccnc2ccccc12)N1CCCC(C(=O)O)C1. The fourth-order valence-electron chi connectivity index (χ4n) is 3.57. The van der Waals surface area contributed by atoms with E-state index in [1.165, 1.54) is 10.9 Å². The van der Waals surface area contributed by atoms with Crippen LogP contribution >= 0.6 is 0 Å². The molecule has 0 saturated carbocycles. The first-order valence-corrected chi connectivity index (χ1v) is 8.01. The minimum absolute atomic E-state index is 0.240. The predicted octanol–water partition coefficient (Wildman–Crippen LogP) is 3.48. The minimum atomic E-state index is -0.667. The Bertz CT molecular complexity index is 666. The second-order valence-electron chi connectivity index (χ2n) is 6.01. The van der Waals surface area contributed by atoms with Crippen molar-refractivity contribution < 1.29 is 9.90 Å². The van der Waals surface area contributed by atoms with E-state index < -0.39 is 5.97 Å². The molecule has 1 fully saturated rings. The van der Waals surface area contributed by atoms with Crippen LogP contribution in [0.15, 0.2) is 36.5 Å². The van der Waals surface area contributed by atoms with Crippen LogP contribution in [0, 0.1) is 5.92 Å². The maximum Gasteiger partial charge on any atom is 0.307 e. The van der Waals surface area contributed by atoms with E-state index in [2.05, 4.69) is 28.9 Å². The average molecular weight is 298 g/mol. The standard InChI is InChI=1S/C18H22N2O2/c1-2-17(20-11-5-6-13(12-20)18(21)22)15-9-10-19-16-8-4-3-7-14(15)16/h3-4,7-10,13,17H,2,5-6,11-12H2,1H3,(H,21,22). The van der Waals surface area contributed by atoms with Crippen molar-refractivity contribution in [2.75, 3.05) is 13.1 Å². The third-order valence-electron chi connectivity index (χ3n) is 4.67. The predicted molar refractivity (Wildman–Crippen MR) is 86.7 cm³/mol. The number of piperidine rings is 1. The van der Waals surface area contributed by atoms with Crippen LogP contribution in [0.2, 0.25) is 0 Å². The normalized spacial score (nSPS) is 20.9. The molecular weight excluding hydrogens is 276 g/mol. The van der Waals surface area contributed by atoms with Gasteiger partial charge in [-0.15, -0.1) is 0 Å². The molecule has 0 amide bonds. The van der Waals surface area contributed by atoms with Crippen LogP contribution in [0.4, 0.5) is 0 Å². The largest absolute Gasteiger partial charge is 0.481 e. The number of hydrogen-bond acceptors (Lipinski definition) is 3. The maximum absolute atomic E-state index is 11.3.